The molecule has 0 spiro atoms. The first-order chi connectivity index (χ1) is 7.47. The molecule has 0 rings (SSSR count). The van der Waals surface area contributed by atoms with Crippen molar-refractivity contribution in [3.8, 4) is 0 Å². The van der Waals surface area contributed by atoms with Gasteiger partial charge < -0.3 is 0 Å². The van der Waals surface area contributed by atoms with Crippen LogP contribution in [0.15, 0.2) is 36.0 Å². The summed E-state index contributed by atoms with van der Waals surface area (Å²) in [5.74, 6) is -0.182. The number of hydrogen-bond acceptors (Lipinski definition) is 0. The summed E-state index contributed by atoms with van der Waals surface area (Å²) in [6.45, 7) is 11.0. The highest BCUT2D eigenvalue weighted by Crippen LogP contribution is 2.31. The van der Waals surface area contributed by atoms with E-state index >= 15 is 0 Å². The summed E-state index contributed by atoms with van der Waals surface area (Å²) >= 11 is 0. The monoisotopic (exact) mass is 264 g/mol. The van der Waals surface area contributed by atoms with Crippen LogP contribution in [0, 0.1) is 5.92 Å². The van der Waals surface area contributed by atoms with E-state index in [9.17, 15) is 13.2 Å². The van der Waals surface area contributed by atoms with Crippen molar-refractivity contribution in [3.05, 3.63) is 36.0 Å². The molecule has 0 amide bonds. The molecule has 0 N–H and O–H groups in total. The van der Waals surface area contributed by atoms with E-state index in [-0.39, 0.29) is 16.6 Å². The predicted octanol–water partition coefficient (Wildman–Crippen LogP) is 4.90. The fraction of sp³-hybridized carbons (Fsp3) is 0.538. The molecule has 0 aromatic heterocycles. The molecular weight excluding hydrogens is 244 g/mol. The van der Waals surface area contributed by atoms with E-state index < -0.39 is 6.18 Å². The number of halogens is 3. The molecule has 0 bridgehead atoms. The second-order valence-corrected chi connectivity index (χ2v) is 6.31. The Morgan fingerprint density at radius 2 is 1.71 bits per heavy atom. The molecule has 0 saturated heterocycles. The van der Waals surface area contributed by atoms with Gasteiger partial charge in [-0.15, -0.1) is 9.24 Å². The van der Waals surface area contributed by atoms with Gasteiger partial charge in [-0.1, -0.05) is 46.4 Å². The highest BCUT2D eigenvalue weighted by atomic mass is 31.0. The Bertz CT molecular complexity index is 328. The zero-order chi connectivity index (χ0) is 13.9. The largest absolute Gasteiger partial charge is 0.410 e. The van der Waals surface area contributed by atoms with Crippen LogP contribution in [0.1, 0.15) is 27.7 Å². The fourth-order valence-electron chi connectivity index (χ4n) is 1.25. The van der Waals surface area contributed by atoms with Gasteiger partial charge in [0.25, 0.3) is 0 Å². The third-order valence-electron chi connectivity index (χ3n) is 2.28. The van der Waals surface area contributed by atoms with Crippen molar-refractivity contribution < 1.29 is 13.2 Å². The van der Waals surface area contributed by atoms with Crippen LogP contribution < -0.4 is 0 Å². The molecule has 0 saturated carbocycles. The van der Waals surface area contributed by atoms with Gasteiger partial charge in [-0.2, -0.15) is 13.2 Å². The number of hydrogen-bond donors (Lipinski definition) is 0. The zero-order valence-corrected chi connectivity index (χ0v) is 11.9. The molecule has 0 radical (unpaired) electrons. The normalized spacial score (nSPS) is 15.4. The molecule has 0 aliphatic rings. The Morgan fingerprint density at radius 3 is 1.94 bits per heavy atom. The first-order valence-electron chi connectivity index (χ1n) is 5.40. The van der Waals surface area contributed by atoms with Crippen LogP contribution in [-0.2, 0) is 0 Å². The molecule has 0 fully saturated rings. The Morgan fingerprint density at radius 1 is 1.24 bits per heavy atom. The summed E-state index contributed by atoms with van der Waals surface area (Å²) in [6, 6.07) is 0. The van der Waals surface area contributed by atoms with Crippen LogP contribution in [0.4, 0.5) is 13.2 Å². The predicted molar refractivity (Wildman–Crippen MR) is 71.0 cm³/mol. The van der Waals surface area contributed by atoms with Crippen molar-refractivity contribution in [2.45, 2.75) is 39.0 Å². The maximum Gasteiger partial charge on any atom is 0.410 e. The van der Waals surface area contributed by atoms with E-state index in [2.05, 4.69) is 15.8 Å². The zero-order valence-electron chi connectivity index (χ0n) is 10.7. The van der Waals surface area contributed by atoms with Crippen molar-refractivity contribution in [1.29, 1.82) is 0 Å². The maximum atomic E-state index is 12.4. The average Bonchev–Trinajstić information content (AvgIpc) is 2.07. The molecule has 4 heteroatoms. The van der Waals surface area contributed by atoms with Crippen molar-refractivity contribution >= 4 is 9.24 Å². The van der Waals surface area contributed by atoms with Crippen LogP contribution in [0.25, 0.3) is 0 Å². The van der Waals surface area contributed by atoms with Crippen LogP contribution >= 0.6 is 9.24 Å². The van der Waals surface area contributed by atoms with Crippen molar-refractivity contribution in [2.75, 3.05) is 0 Å². The van der Waals surface area contributed by atoms with Crippen LogP contribution in [0.5, 0.6) is 0 Å². The number of allylic oxidation sites excluding steroid dienone is 5. The summed E-state index contributed by atoms with van der Waals surface area (Å²) in [7, 11) is 2.60. The lowest BCUT2D eigenvalue weighted by Crippen LogP contribution is -2.13. The smallest absolute Gasteiger partial charge is 0.167 e. The fourth-order valence-corrected chi connectivity index (χ4v) is 1.45. The topological polar surface area (TPSA) is 0 Å². The summed E-state index contributed by atoms with van der Waals surface area (Å²) < 4.78 is 37.1. The Balaban J connectivity index is 5.46. The summed E-state index contributed by atoms with van der Waals surface area (Å²) in [5, 5.41) is -0.290. The lowest BCUT2D eigenvalue weighted by atomic mass is 9.94. The highest BCUT2D eigenvalue weighted by Gasteiger charge is 2.25. The Hall–Kier alpha value is -0.560. The average molecular weight is 264 g/mol. The van der Waals surface area contributed by atoms with Crippen molar-refractivity contribution in [1.82, 2.24) is 0 Å². The highest BCUT2D eigenvalue weighted by molar-refractivity contribution is 7.19. The lowest BCUT2D eigenvalue weighted by molar-refractivity contribution is -0.0806. The molecule has 0 heterocycles. The summed E-state index contributed by atoms with van der Waals surface area (Å²) in [4.78, 5) is 0. The van der Waals surface area contributed by atoms with Crippen LogP contribution in [-0.4, -0.2) is 11.3 Å². The van der Waals surface area contributed by atoms with E-state index in [4.69, 9.17) is 0 Å². The van der Waals surface area contributed by atoms with Gasteiger partial charge in [0.15, 0.2) is 0 Å². The molecule has 17 heavy (non-hydrogen) atoms. The van der Waals surface area contributed by atoms with Gasteiger partial charge in [-0.25, -0.2) is 0 Å². The lowest BCUT2D eigenvalue weighted by Gasteiger charge is -2.21. The second kappa shape index (κ2) is 5.86. The van der Waals surface area contributed by atoms with Gasteiger partial charge >= 0.3 is 6.18 Å². The minimum Gasteiger partial charge on any atom is -0.167 e. The molecule has 0 aliphatic heterocycles. The van der Waals surface area contributed by atoms with Gasteiger partial charge in [0.1, 0.15) is 0 Å². The van der Waals surface area contributed by atoms with Gasteiger partial charge in [0.05, 0.1) is 0 Å². The molecule has 0 aliphatic carbocycles. The first-order valence-corrected chi connectivity index (χ1v) is 5.98. The van der Waals surface area contributed by atoms with Gasteiger partial charge in [0, 0.05) is 11.2 Å². The third-order valence-corrected chi connectivity index (χ3v) is 2.62. The Kier molecular flexibility index (Phi) is 5.67. The standard InChI is InChI=1S/C13H20F3P/c1-6-11(12(4,5)17)7-10(9(2)3)8-13(14,15)16/h6-9H,1,17H2,2-5H3/b10-8-,11-7+. The van der Waals surface area contributed by atoms with E-state index in [1.165, 1.54) is 0 Å². The third kappa shape index (κ3) is 6.68. The minimum atomic E-state index is -4.28. The summed E-state index contributed by atoms with van der Waals surface area (Å²) in [6.07, 6.45) is -0.761. The SMILES string of the molecule is C=C/C(=C\C(=C\C(F)(F)F)C(C)C)C(C)(C)P. The molecule has 0 aromatic rings. The van der Waals surface area contributed by atoms with Gasteiger partial charge in [-0.3, -0.25) is 0 Å². The van der Waals surface area contributed by atoms with Crippen molar-refractivity contribution in [2.24, 2.45) is 5.92 Å². The molecule has 0 nitrogen and oxygen atoms in total. The molecule has 98 valence electrons. The van der Waals surface area contributed by atoms with Crippen molar-refractivity contribution in [3.63, 3.8) is 0 Å². The van der Waals surface area contributed by atoms with E-state index in [1.807, 2.05) is 13.8 Å². The van der Waals surface area contributed by atoms with Crippen LogP contribution in [0.3, 0.4) is 0 Å². The van der Waals surface area contributed by atoms with E-state index in [0.717, 1.165) is 5.57 Å². The van der Waals surface area contributed by atoms with Gasteiger partial charge in [0.2, 0.25) is 0 Å². The minimum absolute atomic E-state index is 0.182. The van der Waals surface area contributed by atoms with Crippen LogP contribution in [0.2, 0.25) is 0 Å². The van der Waals surface area contributed by atoms with E-state index in [1.54, 1.807) is 26.0 Å². The maximum absolute atomic E-state index is 12.4. The molecular formula is C13H20F3P. The second-order valence-electron chi connectivity index (χ2n) is 4.87. The first kappa shape index (κ1) is 16.4. The number of alkyl halides is 3. The number of rotatable bonds is 4. The molecule has 1 atom stereocenters. The van der Waals surface area contributed by atoms with Gasteiger partial charge in [-0.05, 0) is 17.1 Å². The summed E-state index contributed by atoms with van der Waals surface area (Å²) in [5.41, 5.74) is 1.04. The Labute approximate surface area is 104 Å². The molecule has 1 unspecified atom stereocenters. The van der Waals surface area contributed by atoms with E-state index in [0.29, 0.717) is 6.08 Å². The molecule has 0 aromatic carbocycles. The quantitative estimate of drug-likeness (QED) is 0.500.